The topological polar surface area (TPSA) is 74.2 Å². The van der Waals surface area contributed by atoms with Crippen molar-refractivity contribution in [3.63, 3.8) is 0 Å². The van der Waals surface area contributed by atoms with E-state index in [-0.39, 0.29) is 12.2 Å². The average Bonchev–Trinajstić information content (AvgIpc) is 2.89. The van der Waals surface area contributed by atoms with Gasteiger partial charge in [0.2, 0.25) is 0 Å². The molecule has 0 bridgehead atoms. The molecule has 3 aromatic carbocycles. The third kappa shape index (κ3) is 6.28. The van der Waals surface area contributed by atoms with Crippen LogP contribution in [0.15, 0.2) is 91.1 Å². The highest BCUT2D eigenvalue weighted by Crippen LogP contribution is 2.32. The van der Waals surface area contributed by atoms with Gasteiger partial charge in [0.1, 0.15) is 0 Å². The minimum atomic E-state index is -4.45. The Morgan fingerprint density at radius 1 is 0.889 bits per heavy atom. The molecular weight excluding hydrogens is 467 g/mol. The second kappa shape index (κ2) is 11.0. The number of nitrogens with one attached hydrogen (secondary N) is 2. The monoisotopic (exact) mass is 491 g/mol. The van der Waals surface area contributed by atoms with Crippen LogP contribution in [0.2, 0.25) is 0 Å². The van der Waals surface area contributed by atoms with E-state index < -0.39 is 17.6 Å². The van der Waals surface area contributed by atoms with E-state index >= 15 is 0 Å². The van der Waals surface area contributed by atoms with Crippen LogP contribution in [0.4, 0.5) is 24.5 Å². The molecule has 0 atom stereocenters. The molecule has 3 N–H and O–H groups in total. The zero-order valence-electron chi connectivity index (χ0n) is 19.2. The normalized spacial score (nSPS) is 11.2. The zero-order chi connectivity index (χ0) is 25.5. The molecule has 0 aliphatic heterocycles. The van der Waals surface area contributed by atoms with Gasteiger partial charge in [0.25, 0.3) is 5.91 Å². The highest BCUT2D eigenvalue weighted by Gasteiger charge is 2.30. The number of hydrogen-bond donors (Lipinski definition) is 3. The van der Waals surface area contributed by atoms with Gasteiger partial charge >= 0.3 is 6.18 Å². The van der Waals surface area contributed by atoms with E-state index in [1.807, 2.05) is 30.3 Å². The lowest BCUT2D eigenvalue weighted by molar-refractivity contribution is -0.137. The van der Waals surface area contributed by atoms with Crippen LogP contribution >= 0.6 is 0 Å². The molecular formula is C28H24F3N3O2. The van der Waals surface area contributed by atoms with E-state index in [4.69, 9.17) is 0 Å². The van der Waals surface area contributed by atoms with Crippen LogP contribution in [-0.4, -0.2) is 22.5 Å². The van der Waals surface area contributed by atoms with Crippen molar-refractivity contribution in [1.82, 2.24) is 4.98 Å². The molecule has 0 aliphatic carbocycles. The van der Waals surface area contributed by atoms with Crippen molar-refractivity contribution in [3.05, 3.63) is 114 Å². The second-order valence-electron chi connectivity index (χ2n) is 8.14. The van der Waals surface area contributed by atoms with Gasteiger partial charge < -0.3 is 15.7 Å². The summed E-state index contributed by atoms with van der Waals surface area (Å²) in [7, 11) is 0. The molecule has 1 heterocycles. The van der Waals surface area contributed by atoms with E-state index in [1.54, 1.807) is 36.5 Å². The first kappa shape index (κ1) is 24.9. The number of aliphatic hydroxyl groups is 1. The SMILES string of the molecule is O=C(Nc1ccc(NCCc2ccccn2)cc1)c1ccc(CO)cc1-c1ccc(C(F)(F)F)cc1. The molecule has 5 nitrogen and oxygen atoms in total. The Balaban J connectivity index is 1.46. The van der Waals surface area contributed by atoms with Gasteiger partial charge in [-0.05, 0) is 77.4 Å². The third-order valence-electron chi connectivity index (χ3n) is 5.61. The van der Waals surface area contributed by atoms with Crippen LogP contribution in [0.5, 0.6) is 0 Å². The van der Waals surface area contributed by atoms with Crippen LogP contribution in [0, 0.1) is 0 Å². The molecule has 0 saturated carbocycles. The Morgan fingerprint density at radius 3 is 2.25 bits per heavy atom. The summed E-state index contributed by atoms with van der Waals surface area (Å²) in [4.78, 5) is 17.4. The predicted octanol–water partition coefficient (Wildman–Crippen LogP) is 6.17. The maximum atomic E-state index is 13.1. The summed E-state index contributed by atoms with van der Waals surface area (Å²) in [6.07, 6.45) is -1.92. The van der Waals surface area contributed by atoms with Crippen molar-refractivity contribution in [2.75, 3.05) is 17.2 Å². The summed E-state index contributed by atoms with van der Waals surface area (Å²) >= 11 is 0. The molecule has 0 spiro atoms. The Morgan fingerprint density at radius 2 is 1.61 bits per heavy atom. The lowest BCUT2D eigenvalue weighted by Crippen LogP contribution is -2.14. The number of aromatic nitrogens is 1. The zero-order valence-corrected chi connectivity index (χ0v) is 19.2. The van der Waals surface area contributed by atoms with Crippen molar-refractivity contribution < 1.29 is 23.1 Å². The molecule has 1 amide bonds. The van der Waals surface area contributed by atoms with Crippen LogP contribution in [0.25, 0.3) is 11.1 Å². The van der Waals surface area contributed by atoms with Crippen molar-refractivity contribution >= 4 is 17.3 Å². The van der Waals surface area contributed by atoms with Crippen molar-refractivity contribution in [2.24, 2.45) is 0 Å². The number of halogens is 3. The smallest absolute Gasteiger partial charge is 0.392 e. The van der Waals surface area contributed by atoms with Gasteiger partial charge in [0.15, 0.2) is 0 Å². The fourth-order valence-corrected chi connectivity index (χ4v) is 3.72. The number of anilines is 2. The minimum absolute atomic E-state index is 0.260. The number of carbonyl (C=O) groups is 1. The highest BCUT2D eigenvalue weighted by atomic mass is 19.4. The summed E-state index contributed by atoms with van der Waals surface area (Å²) in [5, 5.41) is 15.7. The fraction of sp³-hybridized carbons (Fsp3) is 0.143. The van der Waals surface area contributed by atoms with Gasteiger partial charge in [-0.2, -0.15) is 13.2 Å². The van der Waals surface area contributed by atoms with Crippen molar-refractivity contribution in [3.8, 4) is 11.1 Å². The number of rotatable bonds is 8. The lowest BCUT2D eigenvalue weighted by atomic mass is 9.96. The number of nitrogens with zero attached hydrogens (tertiary/aromatic N) is 1. The Kier molecular flexibility index (Phi) is 7.65. The molecule has 0 unspecified atom stereocenters. The summed E-state index contributed by atoms with van der Waals surface area (Å²) in [6, 6.07) is 22.4. The molecule has 8 heteroatoms. The quantitative estimate of drug-likeness (QED) is 0.276. The molecule has 0 radical (unpaired) electrons. The number of amides is 1. The molecule has 0 saturated heterocycles. The molecule has 0 aliphatic rings. The Bertz CT molecular complexity index is 1310. The van der Waals surface area contributed by atoms with Gasteiger partial charge in [-0.1, -0.05) is 24.3 Å². The third-order valence-corrected chi connectivity index (χ3v) is 5.61. The number of alkyl halides is 3. The van der Waals surface area contributed by atoms with Gasteiger partial charge in [-0.15, -0.1) is 0 Å². The first-order chi connectivity index (χ1) is 17.3. The maximum absolute atomic E-state index is 13.1. The average molecular weight is 492 g/mol. The summed E-state index contributed by atoms with van der Waals surface area (Å²) < 4.78 is 38.9. The van der Waals surface area contributed by atoms with Crippen LogP contribution in [0.3, 0.4) is 0 Å². The van der Waals surface area contributed by atoms with Crippen LogP contribution < -0.4 is 10.6 Å². The summed E-state index contributed by atoms with van der Waals surface area (Å²) in [5.41, 5.74) is 3.37. The second-order valence-corrected chi connectivity index (χ2v) is 8.14. The number of hydrogen-bond acceptors (Lipinski definition) is 4. The highest BCUT2D eigenvalue weighted by molar-refractivity contribution is 6.08. The fourth-order valence-electron chi connectivity index (χ4n) is 3.72. The molecule has 0 fully saturated rings. The largest absolute Gasteiger partial charge is 0.416 e. The van der Waals surface area contributed by atoms with Crippen molar-refractivity contribution in [1.29, 1.82) is 0 Å². The van der Waals surface area contributed by atoms with E-state index in [9.17, 15) is 23.1 Å². The number of aliphatic hydroxyl groups excluding tert-OH is 1. The number of benzene rings is 3. The first-order valence-corrected chi connectivity index (χ1v) is 11.3. The Hall–Kier alpha value is -4.17. The van der Waals surface area contributed by atoms with Crippen LogP contribution in [-0.2, 0) is 19.2 Å². The standard InChI is InChI=1S/C28H24F3N3O2/c29-28(30,31)21-7-5-20(6-8-21)26-17-19(18-35)4-13-25(26)27(36)34-24-11-9-23(10-12-24)33-16-14-22-3-1-2-15-32-22/h1-13,15,17,33,35H,14,16,18H2,(H,34,36). The number of carbonyl (C=O) groups excluding carboxylic acids is 1. The van der Waals surface area contributed by atoms with Gasteiger partial charge in [-0.3, -0.25) is 9.78 Å². The van der Waals surface area contributed by atoms with Crippen molar-refractivity contribution in [2.45, 2.75) is 19.2 Å². The number of pyridine rings is 1. The van der Waals surface area contributed by atoms with Crippen LogP contribution in [0.1, 0.15) is 27.2 Å². The predicted molar refractivity (Wildman–Crippen MR) is 134 cm³/mol. The lowest BCUT2D eigenvalue weighted by Gasteiger charge is -2.14. The first-order valence-electron chi connectivity index (χ1n) is 11.3. The van der Waals surface area contributed by atoms with Gasteiger partial charge in [0, 0.05) is 41.8 Å². The molecule has 36 heavy (non-hydrogen) atoms. The molecule has 184 valence electrons. The minimum Gasteiger partial charge on any atom is -0.392 e. The Labute approximate surface area is 206 Å². The maximum Gasteiger partial charge on any atom is 0.416 e. The summed E-state index contributed by atoms with van der Waals surface area (Å²) in [6.45, 7) is 0.445. The molecule has 4 rings (SSSR count). The van der Waals surface area contributed by atoms with E-state index in [1.165, 1.54) is 12.1 Å². The molecule has 1 aromatic heterocycles. The summed E-state index contributed by atoms with van der Waals surface area (Å²) in [5.74, 6) is -0.412. The molecule has 4 aromatic rings. The van der Waals surface area contributed by atoms with E-state index in [2.05, 4.69) is 15.6 Å². The van der Waals surface area contributed by atoms with Gasteiger partial charge in [0.05, 0.1) is 12.2 Å². The van der Waals surface area contributed by atoms with E-state index in [0.717, 1.165) is 29.9 Å². The van der Waals surface area contributed by atoms with E-state index in [0.29, 0.717) is 28.9 Å². The van der Waals surface area contributed by atoms with Gasteiger partial charge in [-0.25, -0.2) is 0 Å².